The van der Waals surface area contributed by atoms with E-state index in [4.69, 9.17) is 5.73 Å². The van der Waals surface area contributed by atoms with E-state index in [2.05, 4.69) is 6.92 Å². The van der Waals surface area contributed by atoms with Crippen molar-refractivity contribution in [2.75, 3.05) is 6.54 Å². The van der Waals surface area contributed by atoms with Crippen molar-refractivity contribution in [3.63, 3.8) is 0 Å². The van der Waals surface area contributed by atoms with Gasteiger partial charge in [-0.3, -0.25) is 4.79 Å². The Morgan fingerprint density at radius 3 is 2.54 bits per heavy atom. The van der Waals surface area contributed by atoms with E-state index < -0.39 is 5.54 Å². The number of rotatable bonds is 1. The molecule has 3 heteroatoms. The highest BCUT2D eigenvalue weighted by Gasteiger charge is 2.31. The summed E-state index contributed by atoms with van der Waals surface area (Å²) in [7, 11) is 0. The molecule has 1 saturated heterocycles. The fraction of sp³-hybridized carbons (Fsp3) is 0.900. The molecule has 0 aromatic heterocycles. The van der Waals surface area contributed by atoms with Gasteiger partial charge in [0.15, 0.2) is 0 Å². The fourth-order valence-electron chi connectivity index (χ4n) is 1.77. The van der Waals surface area contributed by atoms with Gasteiger partial charge in [-0.05, 0) is 40.0 Å². The maximum Gasteiger partial charge on any atom is 0.242 e. The van der Waals surface area contributed by atoms with Crippen molar-refractivity contribution in [2.45, 2.75) is 51.6 Å². The lowest BCUT2D eigenvalue weighted by molar-refractivity contribution is -0.139. The molecule has 76 valence electrons. The van der Waals surface area contributed by atoms with E-state index >= 15 is 0 Å². The van der Waals surface area contributed by atoms with Crippen LogP contribution in [0.5, 0.6) is 0 Å². The van der Waals surface area contributed by atoms with E-state index in [0.717, 1.165) is 19.4 Å². The summed E-state index contributed by atoms with van der Waals surface area (Å²) in [6, 6.07) is 0.365. The molecule has 0 aromatic rings. The predicted molar refractivity (Wildman–Crippen MR) is 53.3 cm³/mol. The minimum atomic E-state index is -0.717. The van der Waals surface area contributed by atoms with Crippen LogP contribution < -0.4 is 5.73 Å². The third-order valence-corrected chi connectivity index (χ3v) is 2.62. The summed E-state index contributed by atoms with van der Waals surface area (Å²) < 4.78 is 0. The molecule has 1 aliphatic rings. The molecular weight excluding hydrogens is 164 g/mol. The second kappa shape index (κ2) is 3.66. The largest absolute Gasteiger partial charge is 0.338 e. The summed E-state index contributed by atoms with van der Waals surface area (Å²) in [6.45, 7) is 6.52. The molecule has 1 aliphatic heterocycles. The summed E-state index contributed by atoms with van der Waals surface area (Å²) in [5.74, 6) is 0.0831. The van der Waals surface area contributed by atoms with Crippen LogP contribution in [0, 0.1) is 0 Å². The van der Waals surface area contributed by atoms with Crippen LogP contribution >= 0.6 is 0 Å². The molecule has 0 aromatic carbocycles. The van der Waals surface area contributed by atoms with Crippen molar-refractivity contribution >= 4 is 5.91 Å². The number of piperidine rings is 1. The van der Waals surface area contributed by atoms with Crippen LogP contribution in [0.4, 0.5) is 0 Å². The van der Waals surface area contributed by atoms with Gasteiger partial charge in [0.05, 0.1) is 5.54 Å². The van der Waals surface area contributed by atoms with E-state index in [-0.39, 0.29) is 5.91 Å². The lowest BCUT2D eigenvalue weighted by Crippen LogP contribution is -2.55. The fourth-order valence-corrected chi connectivity index (χ4v) is 1.77. The quantitative estimate of drug-likeness (QED) is 0.664. The van der Waals surface area contributed by atoms with Crippen molar-refractivity contribution in [3.05, 3.63) is 0 Å². The molecular formula is C10H20N2O. The van der Waals surface area contributed by atoms with Crippen molar-refractivity contribution in [2.24, 2.45) is 5.73 Å². The first kappa shape index (κ1) is 10.5. The Morgan fingerprint density at radius 1 is 1.46 bits per heavy atom. The van der Waals surface area contributed by atoms with E-state index in [1.54, 1.807) is 13.8 Å². The molecule has 1 heterocycles. The van der Waals surface area contributed by atoms with Crippen LogP contribution in [-0.4, -0.2) is 28.9 Å². The third-order valence-electron chi connectivity index (χ3n) is 2.62. The molecule has 0 radical (unpaired) electrons. The molecule has 1 fully saturated rings. The molecule has 13 heavy (non-hydrogen) atoms. The third kappa shape index (κ3) is 2.44. The van der Waals surface area contributed by atoms with Crippen LogP contribution in [0.15, 0.2) is 0 Å². The van der Waals surface area contributed by atoms with Gasteiger partial charge >= 0.3 is 0 Å². The average Bonchev–Trinajstić information content (AvgIpc) is 2.02. The first-order valence-electron chi connectivity index (χ1n) is 5.03. The summed E-state index contributed by atoms with van der Waals surface area (Å²) in [5.41, 5.74) is 5.06. The second-order valence-electron chi connectivity index (χ2n) is 4.57. The minimum absolute atomic E-state index is 0.0831. The lowest BCUT2D eigenvalue weighted by atomic mass is 9.98. The van der Waals surface area contributed by atoms with E-state index in [1.165, 1.54) is 6.42 Å². The SMILES string of the molecule is C[C@H]1CCCCN1C(=O)C(C)(C)N. The van der Waals surface area contributed by atoms with Gasteiger partial charge in [-0.25, -0.2) is 0 Å². The first-order chi connectivity index (χ1) is 5.93. The first-order valence-corrected chi connectivity index (χ1v) is 5.03. The van der Waals surface area contributed by atoms with Gasteiger partial charge in [0.25, 0.3) is 0 Å². The van der Waals surface area contributed by atoms with Crippen LogP contribution in [0.1, 0.15) is 40.0 Å². The number of carbonyl (C=O) groups is 1. The standard InChI is InChI=1S/C10H20N2O/c1-8-6-4-5-7-12(8)9(13)10(2,3)11/h8H,4-7,11H2,1-3H3/t8-/m0/s1. The summed E-state index contributed by atoms with van der Waals surface area (Å²) in [6.07, 6.45) is 3.46. The van der Waals surface area contributed by atoms with Crippen LogP contribution in [0.25, 0.3) is 0 Å². The highest BCUT2D eigenvalue weighted by molar-refractivity contribution is 5.85. The monoisotopic (exact) mass is 184 g/mol. The number of likely N-dealkylation sites (tertiary alicyclic amines) is 1. The molecule has 0 aliphatic carbocycles. The topological polar surface area (TPSA) is 46.3 Å². The Balaban J connectivity index is 2.64. The van der Waals surface area contributed by atoms with Gasteiger partial charge in [-0.2, -0.15) is 0 Å². The molecule has 2 N–H and O–H groups in total. The molecule has 0 unspecified atom stereocenters. The molecule has 1 atom stereocenters. The Labute approximate surface area is 80.3 Å². The van der Waals surface area contributed by atoms with Gasteiger partial charge in [0, 0.05) is 12.6 Å². The van der Waals surface area contributed by atoms with Crippen molar-refractivity contribution in [3.8, 4) is 0 Å². The summed E-state index contributed by atoms with van der Waals surface area (Å²) in [5, 5.41) is 0. The molecule has 3 nitrogen and oxygen atoms in total. The average molecular weight is 184 g/mol. The molecule has 1 amide bonds. The highest BCUT2D eigenvalue weighted by atomic mass is 16.2. The second-order valence-corrected chi connectivity index (χ2v) is 4.57. The van der Waals surface area contributed by atoms with Gasteiger partial charge in [0.2, 0.25) is 5.91 Å². The maximum absolute atomic E-state index is 11.8. The molecule has 0 saturated carbocycles. The highest BCUT2D eigenvalue weighted by Crippen LogP contribution is 2.19. The van der Waals surface area contributed by atoms with Crippen molar-refractivity contribution < 1.29 is 4.79 Å². The smallest absolute Gasteiger partial charge is 0.242 e. The van der Waals surface area contributed by atoms with Gasteiger partial charge in [0.1, 0.15) is 0 Å². The van der Waals surface area contributed by atoms with Gasteiger partial charge < -0.3 is 10.6 Å². The number of carbonyl (C=O) groups excluding carboxylic acids is 1. The lowest BCUT2D eigenvalue weighted by Gasteiger charge is -2.37. The Morgan fingerprint density at radius 2 is 2.08 bits per heavy atom. The van der Waals surface area contributed by atoms with Crippen LogP contribution in [0.3, 0.4) is 0 Å². The number of hydrogen-bond acceptors (Lipinski definition) is 2. The number of hydrogen-bond donors (Lipinski definition) is 1. The molecule has 1 rings (SSSR count). The van der Waals surface area contributed by atoms with Crippen molar-refractivity contribution in [1.82, 2.24) is 4.90 Å². The van der Waals surface area contributed by atoms with Crippen LogP contribution in [-0.2, 0) is 4.79 Å². The zero-order chi connectivity index (χ0) is 10.1. The predicted octanol–water partition coefficient (Wildman–Crippen LogP) is 1.12. The number of nitrogens with zero attached hydrogens (tertiary/aromatic N) is 1. The zero-order valence-electron chi connectivity index (χ0n) is 8.84. The van der Waals surface area contributed by atoms with Gasteiger partial charge in [-0.15, -0.1) is 0 Å². The number of amides is 1. The van der Waals surface area contributed by atoms with E-state index in [0.29, 0.717) is 6.04 Å². The van der Waals surface area contributed by atoms with Gasteiger partial charge in [-0.1, -0.05) is 0 Å². The Bertz CT molecular complexity index is 196. The van der Waals surface area contributed by atoms with Crippen molar-refractivity contribution in [1.29, 1.82) is 0 Å². The van der Waals surface area contributed by atoms with Crippen LogP contribution in [0.2, 0.25) is 0 Å². The molecule has 0 spiro atoms. The maximum atomic E-state index is 11.8. The van der Waals surface area contributed by atoms with E-state index in [9.17, 15) is 4.79 Å². The normalized spacial score (nSPS) is 24.6. The Kier molecular flexibility index (Phi) is 2.96. The summed E-state index contributed by atoms with van der Waals surface area (Å²) in [4.78, 5) is 13.8. The summed E-state index contributed by atoms with van der Waals surface area (Å²) >= 11 is 0. The van der Waals surface area contributed by atoms with E-state index in [1.807, 2.05) is 4.90 Å². The zero-order valence-corrected chi connectivity index (χ0v) is 8.84. The minimum Gasteiger partial charge on any atom is -0.338 e. The molecule has 0 bridgehead atoms. The number of nitrogens with two attached hydrogens (primary N) is 1. The Hall–Kier alpha value is -0.570.